The normalized spacial score (nSPS) is 15.5. The maximum atomic E-state index is 12.2. The number of rotatable bonds is 3. The Labute approximate surface area is 158 Å². The van der Waals surface area contributed by atoms with Crippen LogP contribution >= 0.6 is 23.2 Å². The van der Waals surface area contributed by atoms with E-state index >= 15 is 0 Å². The van der Waals surface area contributed by atoms with Crippen LogP contribution in [0.15, 0.2) is 34.1 Å². The zero-order chi connectivity index (χ0) is 18.9. The Bertz CT molecular complexity index is 1040. The largest absolute Gasteiger partial charge is 0.383 e. The smallest absolute Gasteiger partial charge is 0.287 e. The Morgan fingerprint density at radius 1 is 1.31 bits per heavy atom. The Kier molecular flexibility index (Phi) is 5.19. The van der Waals surface area contributed by atoms with Gasteiger partial charge in [-0.25, -0.2) is 17.8 Å². The fourth-order valence-electron chi connectivity index (χ4n) is 2.32. The fraction of sp³-hybridized carbons (Fsp3) is 0.214. The summed E-state index contributed by atoms with van der Waals surface area (Å²) in [5, 5.41) is 9.00. The Morgan fingerprint density at radius 3 is 2.85 bits per heavy atom. The molecule has 26 heavy (non-hydrogen) atoms. The van der Waals surface area contributed by atoms with Gasteiger partial charge in [-0.05, 0) is 18.2 Å². The van der Waals surface area contributed by atoms with E-state index in [1.807, 2.05) is 0 Å². The number of nitrogens with one attached hydrogen (secondary N) is 3. The summed E-state index contributed by atoms with van der Waals surface area (Å²) in [6, 6.07) is 4.44. The number of sulfonamides is 1. The van der Waals surface area contributed by atoms with Gasteiger partial charge in [-0.1, -0.05) is 23.2 Å². The van der Waals surface area contributed by atoms with E-state index < -0.39 is 28.0 Å². The molecule has 2 aromatic rings. The summed E-state index contributed by atoms with van der Waals surface area (Å²) < 4.78 is 27.7. The monoisotopic (exact) mass is 417 g/mol. The molecule has 0 saturated carbocycles. The molecule has 1 aliphatic heterocycles. The quantitative estimate of drug-likeness (QED) is 0.681. The van der Waals surface area contributed by atoms with Gasteiger partial charge in [-0.3, -0.25) is 9.59 Å². The van der Waals surface area contributed by atoms with E-state index in [-0.39, 0.29) is 27.2 Å². The van der Waals surface area contributed by atoms with Crippen molar-refractivity contribution in [3.05, 3.63) is 44.8 Å². The Balaban J connectivity index is 1.82. The van der Waals surface area contributed by atoms with Gasteiger partial charge in [0.05, 0.1) is 16.9 Å². The fourth-order valence-corrected chi connectivity index (χ4v) is 3.83. The summed E-state index contributed by atoms with van der Waals surface area (Å²) >= 11 is 11.4. The summed E-state index contributed by atoms with van der Waals surface area (Å²) in [6.45, 7) is 0.296. The van der Waals surface area contributed by atoms with Crippen molar-refractivity contribution in [3.8, 4) is 0 Å². The van der Waals surface area contributed by atoms with Crippen LogP contribution in [0.25, 0.3) is 0 Å². The molecule has 0 spiro atoms. The molecule has 0 unspecified atom stereocenters. The first kappa shape index (κ1) is 18.6. The van der Waals surface area contributed by atoms with E-state index in [0.717, 1.165) is 10.9 Å². The molecule has 1 amide bonds. The van der Waals surface area contributed by atoms with Crippen LogP contribution in [-0.4, -0.2) is 37.2 Å². The molecule has 138 valence electrons. The molecule has 0 saturated heterocycles. The van der Waals surface area contributed by atoms with E-state index in [4.69, 9.17) is 23.2 Å². The lowest BCUT2D eigenvalue weighted by Crippen LogP contribution is -2.30. The molecule has 0 radical (unpaired) electrons. The predicted octanol–water partition coefficient (Wildman–Crippen LogP) is 0.893. The number of anilines is 2. The maximum absolute atomic E-state index is 12.2. The molecule has 0 aliphatic carbocycles. The molecule has 0 atom stereocenters. The second-order valence-corrected chi connectivity index (χ2v) is 7.87. The number of nitrogens with zero attached hydrogens (tertiary/aromatic N) is 2. The molecular weight excluding hydrogens is 405 g/mol. The average molecular weight is 418 g/mol. The number of hydrogen-bond acceptors (Lipinski definition) is 6. The van der Waals surface area contributed by atoms with Crippen molar-refractivity contribution in [2.24, 2.45) is 0 Å². The van der Waals surface area contributed by atoms with Gasteiger partial charge in [0.2, 0.25) is 15.9 Å². The van der Waals surface area contributed by atoms with Crippen molar-refractivity contribution in [2.75, 3.05) is 23.7 Å². The SMILES string of the molecule is O=C(Cn1ncc(Cl)c(Cl)c1=O)Nc1ccc2c(c1)S(=O)(=O)NCCN2. The molecule has 1 aliphatic rings. The summed E-state index contributed by atoms with van der Waals surface area (Å²) in [4.78, 5) is 24.1. The van der Waals surface area contributed by atoms with E-state index in [1.165, 1.54) is 6.07 Å². The standard InChI is InChI=1S/C14H13Cl2N5O4S/c15-9-6-18-21(14(23)13(9)16)7-12(22)20-8-1-2-10-11(5-8)26(24,25)19-4-3-17-10/h1-2,5-6,17,19H,3-4,7H2,(H,20,22). The first-order chi connectivity index (χ1) is 12.3. The van der Waals surface area contributed by atoms with Crippen LogP contribution < -0.4 is 20.9 Å². The molecule has 3 N–H and O–H groups in total. The molecule has 1 aromatic heterocycles. The summed E-state index contributed by atoms with van der Waals surface area (Å²) in [5.41, 5.74) is -0.00137. The number of benzene rings is 1. The lowest BCUT2D eigenvalue weighted by Gasteiger charge is -2.11. The average Bonchev–Trinajstić information content (AvgIpc) is 2.74. The maximum Gasteiger partial charge on any atom is 0.287 e. The molecule has 1 aromatic carbocycles. The molecular formula is C14H13Cl2N5O4S. The first-order valence-corrected chi connectivity index (χ1v) is 9.60. The minimum absolute atomic E-state index is 0.00992. The first-order valence-electron chi connectivity index (χ1n) is 7.36. The third-order valence-electron chi connectivity index (χ3n) is 3.52. The van der Waals surface area contributed by atoms with Gasteiger partial charge in [0.15, 0.2) is 0 Å². The number of carbonyl (C=O) groups excluding carboxylic acids is 1. The highest BCUT2D eigenvalue weighted by atomic mass is 35.5. The molecule has 3 rings (SSSR count). The van der Waals surface area contributed by atoms with Crippen molar-refractivity contribution < 1.29 is 13.2 Å². The summed E-state index contributed by atoms with van der Waals surface area (Å²) in [7, 11) is -3.68. The van der Waals surface area contributed by atoms with Crippen molar-refractivity contribution in [3.63, 3.8) is 0 Å². The van der Waals surface area contributed by atoms with Crippen LogP contribution in [0, 0.1) is 0 Å². The number of halogens is 2. The topological polar surface area (TPSA) is 122 Å². The zero-order valence-electron chi connectivity index (χ0n) is 13.1. The minimum Gasteiger partial charge on any atom is -0.383 e. The number of aromatic nitrogens is 2. The third-order valence-corrected chi connectivity index (χ3v) is 5.77. The van der Waals surface area contributed by atoms with Crippen LogP contribution in [0.4, 0.5) is 11.4 Å². The highest BCUT2D eigenvalue weighted by Gasteiger charge is 2.22. The van der Waals surface area contributed by atoms with Gasteiger partial charge >= 0.3 is 0 Å². The minimum atomic E-state index is -3.68. The van der Waals surface area contributed by atoms with Crippen LogP contribution in [0.2, 0.25) is 10.0 Å². The molecule has 2 heterocycles. The van der Waals surface area contributed by atoms with Crippen molar-refractivity contribution in [2.45, 2.75) is 11.4 Å². The molecule has 12 heteroatoms. The van der Waals surface area contributed by atoms with Crippen LogP contribution in [0.5, 0.6) is 0 Å². The molecule has 9 nitrogen and oxygen atoms in total. The highest BCUT2D eigenvalue weighted by molar-refractivity contribution is 7.89. The van der Waals surface area contributed by atoms with Gasteiger partial charge in [-0.15, -0.1) is 0 Å². The van der Waals surface area contributed by atoms with Gasteiger partial charge in [0.1, 0.15) is 16.5 Å². The zero-order valence-corrected chi connectivity index (χ0v) is 15.5. The van der Waals surface area contributed by atoms with Gasteiger partial charge in [0, 0.05) is 18.8 Å². The van der Waals surface area contributed by atoms with Crippen LogP contribution in [0.1, 0.15) is 0 Å². The predicted molar refractivity (Wildman–Crippen MR) is 97.3 cm³/mol. The highest BCUT2D eigenvalue weighted by Crippen LogP contribution is 2.26. The van der Waals surface area contributed by atoms with E-state index in [2.05, 4.69) is 20.5 Å². The lowest BCUT2D eigenvalue weighted by atomic mass is 10.2. The summed E-state index contributed by atoms with van der Waals surface area (Å²) in [6.07, 6.45) is 1.16. The van der Waals surface area contributed by atoms with Gasteiger partial charge in [-0.2, -0.15) is 5.10 Å². The molecule has 0 bridgehead atoms. The number of hydrogen-bond donors (Lipinski definition) is 3. The number of amides is 1. The van der Waals surface area contributed by atoms with Crippen molar-refractivity contribution in [1.82, 2.24) is 14.5 Å². The van der Waals surface area contributed by atoms with Crippen LogP contribution in [-0.2, 0) is 21.4 Å². The third kappa shape index (κ3) is 3.83. The van der Waals surface area contributed by atoms with E-state index in [9.17, 15) is 18.0 Å². The second kappa shape index (κ2) is 7.23. The van der Waals surface area contributed by atoms with Crippen molar-refractivity contribution in [1.29, 1.82) is 0 Å². The van der Waals surface area contributed by atoms with E-state index in [1.54, 1.807) is 12.1 Å². The summed E-state index contributed by atoms with van der Waals surface area (Å²) in [5.74, 6) is -0.579. The van der Waals surface area contributed by atoms with Crippen LogP contribution in [0.3, 0.4) is 0 Å². The van der Waals surface area contributed by atoms with Gasteiger partial charge in [0.25, 0.3) is 5.56 Å². The lowest BCUT2D eigenvalue weighted by molar-refractivity contribution is -0.117. The number of carbonyl (C=O) groups is 1. The Morgan fingerprint density at radius 2 is 2.08 bits per heavy atom. The van der Waals surface area contributed by atoms with Gasteiger partial charge < -0.3 is 10.6 Å². The second-order valence-electron chi connectivity index (χ2n) is 5.35. The Hall–Kier alpha value is -2.14. The van der Waals surface area contributed by atoms with E-state index in [0.29, 0.717) is 12.2 Å². The van der Waals surface area contributed by atoms with Crippen molar-refractivity contribution >= 4 is 50.5 Å². The number of fused-ring (bicyclic) bond motifs is 1. The molecule has 0 fully saturated rings.